The van der Waals surface area contributed by atoms with E-state index in [-0.39, 0.29) is 11.7 Å². The maximum absolute atomic E-state index is 13.5. The van der Waals surface area contributed by atoms with E-state index in [1.165, 1.54) is 12.1 Å². The number of nitrogens with one attached hydrogen (secondary N) is 1. The Balaban J connectivity index is 1.98. The zero-order chi connectivity index (χ0) is 17.1. The van der Waals surface area contributed by atoms with E-state index in [9.17, 15) is 9.18 Å². The molecule has 3 aromatic rings. The fourth-order valence-electron chi connectivity index (χ4n) is 2.56. The predicted octanol–water partition coefficient (Wildman–Crippen LogP) is 4.03. The van der Waals surface area contributed by atoms with E-state index in [1.807, 2.05) is 22.1 Å². The van der Waals surface area contributed by atoms with E-state index < -0.39 is 0 Å². The number of carbonyl (C=O) groups excluding carboxylic acids is 1. The highest BCUT2D eigenvalue weighted by atomic mass is 79.9. The quantitative estimate of drug-likeness (QED) is 0.623. The fraction of sp³-hybridized carbons (Fsp3) is 0.235. The second-order valence-corrected chi connectivity index (χ2v) is 7.06. The second kappa shape index (κ2) is 7.46. The minimum absolute atomic E-state index is 0.168. The van der Waals surface area contributed by atoms with Crippen LogP contribution in [0.15, 0.2) is 40.2 Å². The Bertz CT molecular complexity index is 875. The van der Waals surface area contributed by atoms with E-state index in [2.05, 4.69) is 21.2 Å². The van der Waals surface area contributed by atoms with Gasteiger partial charge in [0.15, 0.2) is 0 Å². The average Bonchev–Trinajstić information content (AvgIpc) is 3.09. The molecular formula is C17H16BrFN2O2S. The first-order valence-electron chi connectivity index (χ1n) is 7.38. The van der Waals surface area contributed by atoms with Crippen molar-refractivity contribution >= 4 is 43.4 Å². The second-order valence-electron chi connectivity index (χ2n) is 5.29. The summed E-state index contributed by atoms with van der Waals surface area (Å²) in [5.74, 6) is -0.454. The van der Waals surface area contributed by atoms with Crippen LogP contribution in [0.1, 0.15) is 16.1 Å². The normalized spacial score (nSPS) is 11.1. The number of amides is 1. The Kier molecular flexibility index (Phi) is 5.33. The Hall–Kier alpha value is -1.70. The number of thiophene rings is 1. The lowest BCUT2D eigenvalue weighted by Gasteiger charge is -2.11. The van der Waals surface area contributed by atoms with E-state index in [1.54, 1.807) is 24.5 Å². The van der Waals surface area contributed by atoms with Gasteiger partial charge in [0.2, 0.25) is 0 Å². The Morgan fingerprint density at radius 2 is 2.25 bits per heavy atom. The van der Waals surface area contributed by atoms with Crippen LogP contribution in [0.5, 0.6) is 0 Å². The lowest BCUT2D eigenvalue weighted by Crippen LogP contribution is -2.29. The molecule has 0 unspecified atom stereocenters. The van der Waals surface area contributed by atoms with Gasteiger partial charge in [-0.3, -0.25) is 4.79 Å². The van der Waals surface area contributed by atoms with Gasteiger partial charge in [0, 0.05) is 25.6 Å². The summed E-state index contributed by atoms with van der Waals surface area (Å²) in [5.41, 5.74) is 2.30. The number of hydrogen-bond donors (Lipinski definition) is 1. The first kappa shape index (κ1) is 17.1. The first-order chi connectivity index (χ1) is 11.6. The van der Waals surface area contributed by atoms with Crippen molar-refractivity contribution in [1.29, 1.82) is 0 Å². The van der Waals surface area contributed by atoms with E-state index in [0.29, 0.717) is 25.4 Å². The number of hydrogen-bond acceptors (Lipinski definition) is 3. The van der Waals surface area contributed by atoms with Crippen LogP contribution in [0.25, 0.3) is 10.2 Å². The zero-order valence-electron chi connectivity index (χ0n) is 13.0. The third-order valence-electron chi connectivity index (χ3n) is 3.63. The van der Waals surface area contributed by atoms with Crippen LogP contribution in [-0.4, -0.2) is 30.7 Å². The molecule has 1 amide bonds. The Morgan fingerprint density at radius 1 is 1.42 bits per heavy atom. The molecule has 3 rings (SSSR count). The van der Waals surface area contributed by atoms with E-state index >= 15 is 0 Å². The van der Waals surface area contributed by atoms with Crippen molar-refractivity contribution in [3.63, 3.8) is 0 Å². The number of aromatic nitrogens is 1. The van der Waals surface area contributed by atoms with Gasteiger partial charge in [-0.1, -0.05) is 12.1 Å². The molecule has 0 saturated carbocycles. The maximum Gasteiger partial charge on any atom is 0.268 e. The number of nitrogens with zero attached hydrogens (tertiary/aromatic N) is 1. The van der Waals surface area contributed by atoms with Crippen molar-refractivity contribution in [3.05, 3.63) is 57.3 Å². The van der Waals surface area contributed by atoms with Gasteiger partial charge in [0.1, 0.15) is 11.5 Å². The number of carbonyl (C=O) groups is 1. The van der Waals surface area contributed by atoms with Crippen molar-refractivity contribution in [3.8, 4) is 0 Å². The summed E-state index contributed by atoms with van der Waals surface area (Å²) in [5, 5.41) is 4.82. The number of rotatable bonds is 6. The van der Waals surface area contributed by atoms with Crippen molar-refractivity contribution < 1.29 is 13.9 Å². The van der Waals surface area contributed by atoms with Crippen LogP contribution in [0.3, 0.4) is 0 Å². The molecule has 1 N–H and O–H groups in total. The summed E-state index contributed by atoms with van der Waals surface area (Å²) in [6.45, 7) is 1.31. The zero-order valence-corrected chi connectivity index (χ0v) is 15.4. The number of benzene rings is 1. The van der Waals surface area contributed by atoms with Crippen LogP contribution in [-0.2, 0) is 11.3 Å². The molecule has 0 aliphatic rings. The molecule has 0 saturated heterocycles. The third-order valence-corrected chi connectivity index (χ3v) is 5.46. The Morgan fingerprint density at radius 3 is 3.00 bits per heavy atom. The van der Waals surface area contributed by atoms with Crippen LogP contribution in [0.2, 0.25) is 0 Å². The largest absolute Gasteiger partial charge is 0.383 e. The molecule has 7 heteroatoms. The summed E-state index contributed by atoms with van der Waals surface area (Å²) in [7, 11) is 1.59. The molecular weight excluding hydrogens is 395 g/mol. The smallest absolute Gasteiger partial charge is 0.268 e. The molecule has 0 atom stereocenters. The average molecular weight is 411 g/mol. The minimum Gasteiger partial charge on any atom is -0.383 e. The summed E-state index contributed by atoms with van der Waals surface area (Å²) in [6.07, 6.45) is 0. The highest BCUT2D eigenvalue weighted by molar-refractivity contribution is 9.10. The summed E-state index contributed by atoms with van der Waals surface area (Å²) < 4.78 is 22.3. The molecule has 0 aliphatic carbocycles. The number of methoxy groups -OCH3 is 1. The van der Waals surface area contributed by atoms with E-state index in [0.717, 1.165) is 20.3 Å². The van der Waals surface area contributed by atoms with Crippen LogP contribution < -0.4 is 5.32 Å². The van der Waals surface area contributed by atoms with Gasteiger partial charge < -0.3 is 14.6 Å². The topological polar surface area (TPSA) is 43.3 Å². The van der Waals surface area contributed by atoms with Gasteiger partial charge in [-0.05, 0) is 39.7 Å². The molecule has 24 heavy (non-hydrogen) atoms. The van der Waals surface area contributed by atoms with Gasteiger partial charge in [-0.25, -0.2) is 4.39 Å². The molecule has 2 aromatic heterocycles. The molecule has 0 aliphatic heterocycles. The van der Waals surface area contributed by atoms with Gasteiger partial charge in [-0.15, -0.1) is 11.3 Å². The SMILES string of the molecule is COCCNC(=O)c1cc2scc(Br)c2n1Cc1cccc(F)c1. The van der Waals surface area contributed by atoms with Crippen molar-refractivity contribution in [2.45, 2.75) is 6.54 Å². The standard InChI is InChI=1S/C17H16BrFN2O2S/c1-23-6-5-20-17(22)14-8-15-16(13(18)10-24-15)21(14)9-11-3-2-4-12(19)7-11/h2-4,7-8,10H,5-6,9H2,1H3,(H,20,22). The van der Waals surface area contributed by atoms with Crippen LogP contribution >= 0.6 is 27.3 Å². The molecule has 1 aromatic carbocycles. The third kappa shape index (κ3) is 3.53. The highest BCUT2D eigenvalue weighted by Gasteiger charge is 2.18. The number of halogens is 2. The monoisotopic (exact) mass is 410 g/mol. The fourth-order valence-corrected chi connectivity index (χ4v) is 4.25. The van der Waals surface area contributed by atoms with Gasteiger partial charge >= 0.3 is 0 Å². The lowest BCUT2D eigenvalue weighted by molar-refractivity contribution is 0.0928. The number of ether oxygens (including phenoxy) is 1. The molecule has 4 nitrogen and oxygen atoms in total. The molecule has 126 valence electrons. The lowest BCUT2D eigenvalue weighted by atomic mass is 10.2. The molecule has 0 spiro atoms. The molecule has 0 radical (unpaired) electrons. The van der Waals surface area contributed by atoms with Crippen molar-refractivity contribution in [2.75, 3.05) is 20.3 Å². The van der Waals surface area contributed by atoms with Crippen molar-refractivity contribution in [1.82, 2.24) is 9.88 Å². The predicted molar refractivity (Wildman–Crippen MR) is 97.2 cm³/mol. The Labute approximate surface area is 151 Å². The molecule has 0 bridgehead atoms. The summed E-state index contributed by atoms with van der Waals surface area (Å²) in [6, 6.07) is 8.28. The van der Waals surface area contributed by atoms with Crippen LogP contribution in [0.4, 0.5) is 4.39 Å². The maximum atomic E-state index is 13.5. The van der Waals surface area contributed by atoms with Crippen molar-refractivity contribution in [2.24, 2.45) is 0 Å². The van der Waals surface area contributed by atoms with Gasteiger partial charge in [0.25, 0.3) is 5.91 Å². The molecule has 2 heterocycles. The number of fused-ring (bicyclic) bond motifs is 1. The summed E-state index contributed by atoms with van der Waals surface area (Å²) >= 11 is 5.10. The summed E-state index contributed by atoms with van der Waals surface area (Å²) in [4.78, 5) is 12.5. The minimum atomic E-state index is -0.286. The van der Waals surface area contributed by atoms with Gasteiger partial charge in [0.05, 0.1) is 21.3 Å². The van der Waals surface area contributed by atoms with Gasteiger partial charge in [-0.2, -0.15) is 0 Å². The van der Waals surface area contributed by atoms with Crippen LogP contribution in [0, 0.1) is 5.82 Å². The first-order valence-corrected chi connectivity index (χ1v) is 9.05. The molecule has 0 fully saturated rings. The van der Waals surface area contributed by atoms with E-state index in [4.69, 9.17) is 4.74 Å². The highest BCUT2D eigenvalue weighted by Crippen LogP contribution is 2.33.